The van der Waals surface area contributed by atoms with Gasteiger partial charge in [0.05, 0.1) is 19.3 Å². The summed E-state index contributed by atoms with van der Waals surface area (Å²) >= 11 is 13.6. The van der Waals surface area contributed by atoms with Crippen LogP contribution >= 0.6 is 49.6 Å². The van der Waals surface area contributed by atoms with Crippen molar-refractivity contribution in [3.63, 3.8) is 0 Å². The lowest BCUT2D eigenvalue weighted by Crippen LogP contribution is -2.62. The first-order valence-electron chi connectivity index (χ1n) is 18.4. The normalized spacial score (nSPS) is 15.4. The molecule has 1 aromatic carbocycles. The Morgan fingerprint density at radius 1 is 0.667 bits per heavy atom. The van der Waals surface area contributed by atoms with Crippen molar-refractivity contribution in [2.24, 2.45) is 5.73 Å². The van der Waals surface area contributed by atoms with Crippen molar-refractivity contribution in [1.29, 1.82) is 0 Å². The fraction of sp³-hybridized carbons (Fsp3) is 0.571. The number of nitrogens with two attached hydrogens (primary N) is 1. The summed E-state index contributed by atoms with van der Waals surface area (Å²) in [7, 11) is 0. The maximum absolute atomic E-state index is 13.5. The minimum absolute atomic E-state index is 0.0485. The second-order valence-electron chi connectivity index (χ2n) is 13.2. The average Bonchev–Trinajstić information content (AvgIpc) is 3.22. The molecule has 0 heterocycles. The third kappa shape index (κ3) is 19.0. The molecule has 60 heavy (non-hydrogen) atoms. The number of carbonyl (C=O) groups excluding carboxylic acids is 8. The van der Waals surface area contributed by atoms with E-state index in [2.05, 4.69) is 80.4 Å². The molecule has 0 radical (unpaired) electrons. The first-order valence-corrected chi connectivity index (χ1v) is 21.6. The van der Waals surface area contributed by atoms with E-state index < -0.39 is 121 Å². The van der Waals surface area contributed by atoms with Crippen LogP contribution in [0, 0.1) is 0 Å². The highest BCUT2D eigenvalue weighted by Gasteiger charge is 2.34. The summed E-state index contributed by atoms with van der Waals surface area (Å²) in [6, 6.07) is -2.31. The first kappa shape index (κ1) is 53.7. The summed E-state index contributed by atoms with van der Waals surface area (Å²) in [5, 5.41) is 47.8. The molecular weight excluding hydrogens is 867 g/mol. The molecule has 336 valence electrons. The molecular formula is C35H55N9O12S4. The molecule has 0 aliphatic carbocycles. The van der Waals surface area contributed by atoms with Gasteiger partial charge in [0.2, 0.25) is 47.3 Å². The highest BCUT2D eigenvalue weighted by molar-refractivity contribution is 7.98. The largest absolute Gasteiger partial charge is 0.480 e. The Labute approximate surface area is 367 Å². The van der Waals surface area contributed by atoms with E-state index in [1.165, 1.54) is 25.6 Å². The quantitative estimate of drug-likeness (QED) is 0.0368. The molecule has 0 aliphatic heterocycles. The van der Waals surface area contributed by atoms with Crippen LogP contribution in [0.25, 0.3) is 0 Å². The average molecular weight is 922 g/mol. The number of thioether (sulfide) groups is 1. The van der Waals surface area contributed by atoms with E-state index in [-0.39, 0.29) is 30.1 Å². The number of aliphatic carboxylic acids is 1. The molecule has 0 fully saturated rings. The fourth-order valence-corrected chi connectivity index (χ4v) is 6.14. The zero-order chi connectivity index (χ0) is 45.5. The summed E-state index contributed by atoms with van der Waals surface area (Å²) in [4.78, 5) is 115. The summed E-state index contributed by atoms with van der Waals surface area (Å²) < 4.78 is 0. The predicted octanol–water partition coefficient (Wildman–Crippen LogP) is -4.91. The predicted molar refractivity (Wildman–Crippen MR) is 231 cm³/mol. The Hall–Kier alpha value is -4.27. The van der Waals surface area contributed by atoms with Crippen LogP contribution in [-0.2, 0) is 49.6 Å². The van der Waals surface area contributed by atoms with E-state index in [0.29, 0.717) is 11.3 Å². The molecule has 0 aliphatic rings. The molecule has 1 aromatic rings. The Morgan fingerprint density at radius 2 is 1.17 bits per heavy atom. The number of carbonyl (C=O) groups is 9. The third-order valence-electron chi connectivity index (χ3n) is 8.38. The smallest absolute Gasteiger partial charge is 0.327 e. The Kier molecular flexibility index (Phi) is 25.3. The van der Waals surface area contributed by atoms with E-state index in [0.717, 1.165) is 0 Å². The minimum Gasteiger partial charge on any atom is -0.480 e. The minimum atomic E-state index is -1.69. The lowest BCUT2D eigenvalue weighted by molar-refractivity contribution is -0.141. The molecule has 0 unspecified atom stereocenters. The van der Waals surface area contributed by atoms with E-state index in [1.54, 1.807) is 36.6 Å². The van der Waals surface area contributed by atoms with Crippen LogP contribution in [0.1, 0.15) is 25.8 Å². The highest BCUT2D eigenvalue weighted by atomic mass is 32.2. The van der Waals surface area contributed by atoms with Crippen LogP contribution in [-0.4, -0.2) is 165 Å². The van der Waals surface area contributed by atoms with Crippen molar-refractivity contribution < 1.29 is 58.5 Å². The van der Waals surface area contributed by atoms with Crippen LogP contribution in [0.5, 0.6) is 0 Å². The Morgan fingerprint density at radius 3 is 1.68 bits per heavy atom. The molecule has 13 N–H and O–H groups in total. The lowest BCUT2D eigenvalue weighted by atomic mass is 10.0. The van der Waals surface area contributed by atoms with Gasteiger partial charge in [0, 0.05) is 23.7 Å². The molecule has 25 heteroatoms. The van der Waals surface area contributed by atoms with Crippen molar-refractivity contribution in [2.45, 2.75) is 81.1 Å². The highest BCUT2D eigenvalue weighted by Crippen LogP contribution is 2.07. The zero-order valence-electron chi connectivity index (χ0n) is 33.1. The van der Waals surface area contributed by atoms with Crippen LogP contribution in [0.15, 0.2) is 30.3 Å². The van der Waals surface area contributed by atoms with Gasteiger partial charge in [-0.25, -0.2) is 4.79 Å². The number of nitrogens with one attached hydrogen (secondary N) is 8. The maximum atomic E-state index is 13.5. The topological polar surface area (TPSA) is 337 Å². The second kappa shape index (κ2) is 28.3. The summed E-state index contributed by atoms with van der Waals surface area (Å²) in [5.41, 5.74) is 6.07. The van der Waals surface area contributed by atoms with Gasteiger partial charge in [-0.3, -0.25) is 38.4 Å². The number of hydrogen-bond acceptors (Lipinski definition) is 16. The van der Waals surface area contributed by atoms with Gasteiger partial charge in [-0.1, -0.05) is 30.3 Å². The zero-order valence-corrected chi connectivity index (χ0v) is 36.6. The van der Waals surface area contributed by atoms with Gasteiger partial charge < -0.3 is 63.6 Å². The molecule has 1 rings (SSSR count). The molecule has 8 amide bonds. The number of rotatable bonds is 27. The molecule has 0 aromatic heterocycles. The van der Waals surface area contributed by atoms with Crippen LogP contribution < -0.4 is 48.3 Å². The van der Waals surface area contributed by atoms with Gasteiger partial charge in [0.15, 0.2) is 0 Å². The van der Waals surface area contributed by atoms with Gasteiger partial charge in [-0.15, -0.1) is 0 Å². The van der Waals surface area contributed by atoms with Crippen LogP contribution in [0.3, 0.4) is 0 Å². The molecule has 0 saturated heterocycles. The number of aliphatic hydroxyl groups is 2. The lowest BCUT2D eigenvalue weighted by Gasteiger charge is -2.27. The number of carboxylic acids is 1. The number of carboxylic acid groups (broad SMARTS) is 1. The standard InChI is InChI=1S/C35H55N9O12S4/c1-17(28(48)40-21(9-10-60-3)30(50)43-25(16-59)35(55)56)38-32(52)23(14-57)42-34(54)27(18(2)46)44-33(53)24(15-58)41-31(51)22(11-19-7-5-4-6-8-19)39-26(47)12-37-29(49)20(36)13-45/h4-8,17-18,20-25,27,45-46,57-59H,9-16,36H2,1-3H3,(H,37,49)(H,38,52)(H,39,47)(H,40,48)(H,41,51)(H,42,54)(H,43,50)(H,44,53)(H,55,56)/t17-,18+,20-,21-,22-,23-,24-,25-,27-/m0/s1. The van der Waals surface area contributed by atoms with Crippen LogP contribution in [0.4, 0.5) is 0 Å². The van der Waals surface area contributed by atoms with Crippen molar-refractivity contribution in [2.75, 3.05) is 42.4 Å². The van der Waals surface area contributed by atoms with Gasteiger partial charge in [0.1, 0.15) is 48.3 Å². The fourth-order valence-electron chi connectivity index (χ4n) is 4.91. The molecule has 0 saturated carbocycles. The van der Waals surface area contributed by atoms with E-state index in [1.807, 2.05) is 0 Å². The Bertz CT molecular complexity index is 1630. The third-order valence-corrected chi connectivity index (χ3v) is 10.1. The summed E-state index contributed by atoms with van der Waals surface area (Å²) in [6.45, 7) is 1.23. The summed E-state index contributed by atoms with van der Waals surface area (Å²) in [5.74, 6) is -8.67. The van der Waals surface area contributed by atoms with Crippen LogP contribution in [0.2, 0.25) is 0 Å². The van der Waals surface area contributed by atoms with Gasteiger partial charge in [0.25, 0.3) is 0 Å². The van der Waals surface area contributed by atoms with Gasteiger partial charge in [-0.2, -0.15) is 49.6 Å². The van der Waals surface area contributed by atoms with Gasteiger partial charge in [-0.05, 0) is 37.8 Å². The number of amides is 8. The van der Waals surface area contributed by atoms with E-state index in [9.17, 15) is 53.4 Å². The molecule has 0 spiro atoms. The SMILES string of the molecule is CSCC[C@H](NC(=O)[C@H](C)NC(=O)[C@H](CS)NC(=O)[C@@H](NC(=O)[C@H](CS)NC(=O)[C@H](Cc1ccccc1)NC(=O)CNC(=O)[C@@H](N)CO)[C@@H](C)O)C(=O)N[C@@H](CS)C(=O)O. The number of aliphatic hydroxyl groups excluding tert-OH is 2. The van der Waals surface area contributed by atoms with Crippen molar-refractivity contribution in [3.8, 4) is 0 Å². The maximum Gasteiger partial charge on any atom is 0.327 e. The summed E-state index contributed by atoms with van der Waals surface area (Å²) in [6.07, 6.45) is 0.299. The molecule has 21 nitrogen and oxygen atoms in total. The number of thiol groups is 3. The van der Waals surface area contributed by atoms with Crippen molar-refractivity contribution >= 4 is 103 Å². The number of hydrogen-bond donors (Lipinski definition) is 15. The molecule has 9 atom stereocenters. The number of benzene rings is 1. The molecule has 0 bridgehead atoms. The first-order chi connectivity index (χ1) is 28.3. The van der Waals surface area contributed by atoms with Crippen molar-refractivity contribution in [1.82, 2.24) is 42.5 Å². The second-order valence-corrected chi connectivity index (χ2v) is 15.3. The van der Waals surface area contributed by atoms with E-state index >= 15 is 0 Å². The monoisotopic (exact) mass is 921 g/mol. The van der Waals surface area contributed by atoms with Crippen molar-refractivity contribution in [3.05, 3.63) is 35.9 Å². The Balaban J connectivity index is 3.03. The van der Waals surface area contributed by atoms with E-state index in [4.69, 9.17) is 10.8 Å². The van der Waals surface area contributed by atoms with Gasteiger partial charge >= 0.3 is 5.97 Å².